The average Bonchev–Trinajstić information content (AvgIpc) is 1.69. The summed E-state index contributed by atoms with van der Waals surface area (Å²) in [7, 11) is 9.71. The molecule has 0 aliphatic heterocycles. The minimum absolute atomic E-state index is 0.236. The van der Waals surface area contributed by atoms with Gasteiger partial charge in [-0.25, -0.2) is 0 Å². The van der Waals surface area contributed by atoms with E-state index in [4.69, 9.17) is 30.8 Å². The van der Waals surface area contributed by atoms with Gasteiger partial charge < -0.3 is 11.5 Å². The van der Waals surface area contributed by atoms with Gasteiger partial charge in [-0.2, -0.15) is 13.1 Å². The maximum atomic E-state index is 6.26. The van der Waals surface area contributed by atoms with E-state index in [1.165, 1.54) is 0 Å². The van der Waals surface area contributed by atoms with Crippen LogP contribution in [0.3, 0.4) is 0 Å². The van der Waals surface area contributed by atoms with Crippen molar-refractivity contribution in [2.75, 3.05) is 13.1 Å². The van der Waals surface area contributed by atoms with E-state index in [1.54, 1.807) is 0 Å². The first kappa shape index (κ1) is 11.0. The van der Waals surface area contributed by atoms with E-state index in [-0.39, 0.29) is 28.2 Å². The molecule has 0 unspecified atom stereocenters. The quantitative estimate of drug-likeness (QED) is 0.621. The molecule has 0 heterocycles. The van der Waals surface area contributed by atoms with Gasteiger partial charge in [0.25, 0.3) is 0 Å². The van der Waals surface area contributed by atoms with Crippen LogP contribution >= 0.6 is 19.4 Å². The maximum absolute atomic E-state index is 6.26. The Balaban J connectivity index is 0. The second-order valence-electron chi connectivity index (χ2n) is 0.551. The summed E-state index contributed by atoms with van der Waals surface area (Å²) >= 11 is -0.346. The smallest absolute Gasteiger partial charge is 0.171 e. The van der Waals surface area contributed by atoms with Crippen molar-refractivity contribution in [1.29, 1.82) is 0 Å². The fraction of sp³-hybridized carbons (Fsp3) is 1.00. The molecule has 0 aromatic rings. The van der Waals surface area contributed by atoms with Crippen molar-refractivity contribution in [3.05, 3.63) is 11.5 Å². The van der Waals surface area contributed by atoms with Gasteiger partial charge in [0, 0.05) is 0 Å². The molecular formula is C2H6Cl2N2Ru. The summed E-state index contributed by atoms with van der Waals surface area (Å²) in [5.41, 5.74) is 12.5. The molecule has 2 nitrogen and oxygen atoms in total. The van der Waals surface area contributed by atoms with Crippen molar-refractivity contribution in [3.63, 3.8) is 0 Å². The second-order valence-corrected chi connectivity index (χ2v) is 3.19. The topological polar surface area (TPSA) is 47.6 Å². The van der Waals surface area contributed by atoms with Gasteiger partial charge in [-0.3, -0.25) is 0 Å². The van der Waals surface area contributed by atoms with Crippen LogP contribution in [0.5, 0.6) is 0 Å². The van der Waals surface area contributed by atoms with E-state index < -0.39 is 0 Å². The third-order valence-corrected chi connectivity index (χ3v) is 0.125. The Morgan fingerprint density at radius 3 is 1.29 bits per heavy atom. The van der Waals surface area contributed by atoms with E-state index in [1.807, 2.05) is 0 Å². The third kappa shape index (κ3) is 41.5. The summed E-state index contributed by atoms with van der Waals surface area (Å²) < 4.78 is 0. The summed E-state index contributed by atoms with van der Waals surface area (Å²) in [5.74, 6) is 0. The average molecular weight is 230 g/mol. The van der Waals surface area contributed by atoms with Gasteiger partial charge in [0.2, 0.25) is 0 Å². The van der Waals surface area contributed by atoms with Crippen molar-refractivity contribution in [2.45, 2.75) is 0 Å². The summed E-state index contributed by atoms with van der Waals surface area (Å²) in [6, 6.07) is 0. The number of hydrogen-bond donors (Lipinski definition) is 0. The van der Waals surface area contributed by atoms with Crippen molar-refractivity contribution < 1.29 is 15.1 Å². The van der Waals surface area contributed by atoms with Crippen LogP contribution in [0.15, 0.2) is 0 Å². The first-order chi connectivity index (χ1) is 3.33. The summed E-state index contributed by atoms with van der Waals surface area (Å²) in [4.78, 5) is 0. The second kappa shape index (κ2) is 15.7. The third-order valence-electron chi connectivity index (χ3n) is 0.125. The van der Waals surface area contributed by atoms with Crippen LogP contribution in [-0.2, 0) is 15.1 Å². The molecule has 0 saturated heterocycles. The van der Waals surface area contributed by atoms with Crippen molar-refractivity contribution in [2.24, 2.45) is 0 Å². The minimum Gasteiger partial charge on any atom is -0.679 e. The fourth-order valence-corrected chi connectivity index (χ4v) is 0. The Hall–Kier alpha value is 1.12. The number of halogens is 2. The molecule has 7 heavy (non-hydrogen) atoms. The van der Waals surface area contributed by atoms with Gasteiger partial charge in [0.15, 0.2) is 0 Å². The van der Waals surface area contributed by atoms with Gasteiger partial charge in [-0.1, -0.05) is 0 Å². The van der Waals surface area contributed by atoms with Crippen LogP contribution in [0.2, 0.25) is 0 Å². The predicted molar refractivity (Wildman–Crippen MR) is 30.1 cm³/mol. The monoisotopic (exact) mass is 230 g/mol. The number of rotatable bonds is 1. The maximum Gasteiger partial charge on any atom is -0.171 e. The number of nitrogens with one attached hydrogen (secondary N) is 2. The summed E-state index contributed by atoms with van der Waals surface area (Å²) in [6.07, 6.45) is 0. The standard InChI is InChI=1S/C2H6N2.2ClH.Ru/c3-1-2-4;;;/h3-4H,1-2H2;2*1H;/q-2;;;+4/p-2. The van der Waals surface area contributed by atoms with Gasteiger partial charge in [0.1, 0.15) is 0 Å². The Kier molecular flexibility index (Phi) is 24.7. The zero-order valence-corrected chi connectivity index (χ0v) is 6.77. The fourth-order valence-electron chi connectivity index (χ4n) is 0. The molecule has 0 fully saturated rings. The summed E-state index contributed by atoms with van der Waals surface area (Å²) in [6.45, 7) is 0.472. The van der Waals surface area contributed by atoms with E-state index in [9.17, 15) is 0 Å². The van der Waals surface area contributed by atoms with E-state index in [2.05, 4.69) is 0 Å². The molecule has 0 spiro atoms. The van der Waals surface area contributed by atoms with Crippen molar-refractivity contribution in [1.82, 2.24) is 0 Å². The first-order valence-electron chi connectivity index (χ1n) is 1.47. The molecule has 0 aliphatic rings. The van der Waals surface area contributed by atoms with Gasteiger partial charge >= 0.3 is 34.5 Å². The Morgan fingerprint density at radius 1 is 1.14 bits per heavy atom. The van der Waals surface area contributed by atoms with Crippen LogP contribution in [0.1, 0.15) is 0 Å². The molecule has 46 valence electrons. The molecule has 0 aliphatic carbocycles. The number of hydrogen-bond acceptors (Lipinski definition) is 0. The zero-order chi connectivity index (χ0) is 6.12. The van der Waals surface area contributed by atoms with Gasteiger partial charge in [0.05, 0.1) is 0 Å². The Bertz CT molecular complexity index is 21.2. The molecule has 5 heteroatoms. The molecule has 2 N–H and O–H groups in total. The van der Waals surface area contributed by atoms with Gasteiger partial charge in [-0.05, 0) is 0 Å². The zero-order valence-electron chi connectivity index (χ0n) is 3.52. The first-order valence-corrected chi connectivity index (χ1v) is 5.95. The van der Waals surface area contributed by atoms with Crippen LogP contribution in [-0.4, -0.2) is 13.1 Å². The molecule has 0 rings (SSSR count). The molecule has 0 amide bonds. The molecule has 0 atom stereocenters. The normalized spacial score (nSPS) is 6.86. The Labute approximate surface area is 59.2 Å². The van der Waals surface area contributed by atoms with E-state index >= 15 is 0 Å². The largest absolute Gasteiger partial charge is 0.679 e. The molecule has 0 radical (unpaired) electrons. The van der Waals surface area contributed by atoms with Crippen molar-refractivity contribution in [3.8, 4) is 0 Å². The Morgan fingerprint density at radius 2 is 1.29 bits per heavy atom. The molecular weight excluding hydrogens is 224 g/mol. The van der Waals surface area contributed by atoms with Crippen molar-refractivity contribution >= 4 is 19.4 Å². The van der Waals surface area contributed by atoms with E-state index in [0.717, 1.165) is 0 Å². The molecule has 0 bridgehead atoms. The van der Waals surface area contributed by atoms with Crippen LogP contribution in [0.4, 0.5) is 0 Å². The molecule has 0 saturated carbocycles. The van der Waals surface area contributed by atoms with Gasteiger partial charge in [-0.15, -0.1) is 0 Å². The summed E-state index contributed by atoms with van der Waals surface area (Å²) in [5, 5.41) is 0. The van der Waals surface area contributed by atoms with Crippen LogP contribution in [0.25, 0.3) is 11.5 Å². The molecule has 0 aromatic carbocycles. The predicted octanol–water partition coefficient (Wildman–Crippen LogP) is 2.47. The molecule has 0 aromatic heterocycles. The SMILES string of the molecule is [Cl][Ru+2][Cl].[NH-]CC[NH-]. The minimum atomic E-state index is -0.346. The van der Waals surface area contributed by atoms with E-state index in [0.29, 0.717) is 0 Å². The van der Waals surface area contributed by atoms with Crippen LogP contribution in [0, 0.1) is 0 Å². The van der Waals surface area contributed by atoms with Crippen LogP contribution < -0.4 is 0 Å².